The van der Waals surface area contributed by atoms with E-state index in [0.29, 0.717) is 6.42 Å². The van der Waals surface area contributed by atoms with Gasteiger partial charge in [-0.25, -0.2) is 4.79 Å². The zero-order valence-corrected chi connectivity index (χ0v) is 17.2. The van der Waals surface area contributed by atoms with Crippen LogP contribution in [0.1, 0.15) is 55.8 Å². The first-order valence-electron chi connectivity index (χ1n) is 10.2. The summed E-state index contributed by atoms with van der Waals surface area (Å²) in [5.41, 5.74) is 9.12. The van der Waals surface area contributed by atoms with Crippen LogP contribution >= 0.6 is 0 Å². The molecule has 1 aliphatic carbocycles. The van der Waals surface area contributed by atoms with Gasteiger partial charge in [0.2, 0.25) is 0 Å². The Balaban J connectivity index is 2.17. The average Bonchev–Trinajstić information content (AvgIpc) is 2.74. The van der Waals surface area contributed by atoms with Crippen LogP contribution in [0.5, 0.6) is 0 Å². The number of rotatable bonds is 8. The number of hydrogen-bond acceptors (Lipinski definition) is 5. The van der Waals surface area contributed by atoms with Crippen molar-refractivity contribution in [2.24, 2.45) is 5.73 Å². The first-order valence-corrected chi connectivity index (χ1v) is 10.2. The van der Waals surface area contributed by atoms with Crippen LogP contribution in [0.3, 0.4) is 0 Å². The Hall–Kier alpha value is -2.85. The maximum Gasteiger partial charge on any atom is 0.413 e. The van der Waals surface area contributed by atoms with E-state index in [-0.39, 0.29) is 31.3 Å². The van der Waals surface area contributed by atoms with E-state index in [4.69, 9.17) is 10.5 Å². The molecule has 1 aromatic carbocycles. The van der Waals surface area contributed by atoms with Gasteiger partial charge in [-0.15, -0.1) is 0 Å². The Bertz CT molecular complexity index is 798. The first kappa shape index (κ1) is 22.4. The number of carbonyl (C=O) groups is 2. The highest BCUT2D eigenvalue weighted by Gasteiger charge is 2.20. The fourth-order valence-corrected chi connectivity index (χ4v) is 3.48. The lowest BCUT2D eigenvalue weighted by atomic mass is 9.88. The molecule has 7 heteroatoms. The SMILES string of the molecule is CCOC(=O)N(/C=C(/C#N)C(=O)NC(CC)c1ccc2c(c1)CCCC2)CCN. The van der Waals surface area contributed by atoms with Gasteiger partial charge in [-0.1, -0.05) is 25.1 Å². The molecule has 1 aliphatic rings. The van der Waals surface area contributed by atoms with Gasteiger partial charge in [0.25, 0.3) is 5.91 Å². The van der Waals surface area contributed by atoms with Crippen molar-refractivity contribution in [2.75, 3.05) is 19.7 Å². The zero-order valence-electron chi connectivity index (χ0n) is 17.2. The van der Waals surface area contributed by atoms with E-state index in [9.17, 15) is 14.9 Å². The second-order valence-electron chi connectivity index (χ2n) is 7.01. The molecule has 7 nitrogen and oxygen atoms in total. The molecule has 1 unspecified atom stereocenters. The molecule has 0 saturated carbocycles. The number of nitrogens with one attached hydrogen (secondary N) is 1. The molecule has 1 atom stereocenters. The third kappa shape index (κ3) is 6.06. The monoisotopic (exact) mass is 398 g/mol. The lowest BCUT2D eigenvalue weighted by molar-refractivity contribution is -0.117. The summed E-state index contributed by atoms with van der Waals surface area (Å²) in [7, 11) is 0. The number of fused-ring (bicyclic) bond motifs is 1. The number of carbonyl (C=O) groups excluding carboxylic acids is 2. The molecule has 3 N–H and O–H groups in total. The summed E-state index contributed by atoms with van der Waals surface area (Å²) in [6, 6.07) is 8.02. The number of amides is 2. The van der Waals surface area contributed by atoms with E-state index >= 15 is 0 Å². The number of nitrogens with two attached hydrogens (primary N) is 1. The summed E-state index contributed by atoms with van der Waals surface area (Å²) in [6.45, 7) is 4.20. The fraction of sp³-hybridized carbons (Fsp3) is 0.500. The van der Waals surface area contributed by atoms with Crippen molar-refractivity contribution in [3.63, 3.8) is 0 Å². The van der Waals surface area contributed by atoms with E-state index in [1.807, 2.05) is 19.1 Å². The van der Waals surface area contributed by atoms with Gasteiger partial charge in [0.1, 0.15) is 11.6 Å². The van der Waals surface area contributed by atoms with Crippen molar-refractivity contribution in [2.45, 2.75) is 52.0 Å². The third-order valence-electron chi connectivity index (χ3n) is 5.01. The van der Waals surface area contributed by atoms with Gasteiger partial charge >= 0.3 is 6.09 Å². The lowest BCUT2D eigenvalue weighted by Gasteiger charge is -2.22. The minimum atomic E-state index is -0.639. The minimum Gasteiger partial charge on any atom is -0.449 e. The van der Waals surface area contributed by atoms with Crippen molar-refractivity contribution in [3.8, 4) is 6.07 Å². The summed E-state index contributed by atoms with van der Waals surface area (Å²) in [6.07, 6.45) is 5.82. The van der Waals surface area contributed by atoms with Crippen LogP contribution in [0.15, 0.2) is 30.0 Å². The predicted molar refractivity (Wildman–Crippen MR) is 111 cm³/mol. The fourth-order valence-electron chi connectivity index (χ4n) is 3.48. The Kier molecular flexibility index (Phi) is 8.68. The number of hydrogen-bond donors (Lipinski definition) is 2. The summed E-state index contributed by atoms with van der Waals surface area (Å²) >= 11 is 0. The van der Waals surface area contributed by atoms with Crippen LogP contribution in [0.25, 0.3) is 0 Å². The summed E-state index contributed by atoms with van der Waals surface area (Å²) < 4.78 is 4.95. The number of ether oxygens (including phenoxy) is 1. The first-order chi connectivity index (χ1) is 14.0. The largest absolute Gasteiger partial charge is 0.449 e. The van der Waals surface area contributed by atoms with Gasteiger partial charge < -0.3 is 15.8 Å². The second-order valence-corrected chi connectivity index (χ2v) is 7.01. The quantitative estimate of drug-likeness (QED) is 0.517. The van der Waals surface area contributed by atoms with E-state index < -0.39 is 12.0 Å². The average molecular weight is 399 g/mol. The summed E-state index contributed by atoms with van der Waals surface area (Å²) in [5.74, 6) is -0.525. The smallest absolute Gasteiger partial charge is 0.413 e. The van der Waals surface area contributed by atoms with Gasteiger partial charge in [-0.05, 0) is 55.7 Å². The molecule has 0 aliphatic heterocycles. The molecule has 0 bridgehead atoms. The third-order valence-corrected chi connectivity index (χ3v) is 5.01. The predicted octanol–water partition coefficient (Wildman–Crippen LogP) is 2.96. The van der Waals surface area contributed by atoms with Gasteiger partial charge in [0, 0.05) is 19.3 Å². The molecular formula is C22H30N4O3. The summed E-state index contributed by atoms with van der Waals surface area (Å²) in [5, 5.41) is 12.4. The van der Waals surface area contributed by atoms with Crippen molar-refractivity contribution in [3.05, 3.63) is 46.7 Å². The highest BCUT2D eigenvalue weighted by Crippen LogP contribution is 2.26. The van der Waals surface area contributed by atoms with E-state index in [2.05, 4.69) is 17.4 Å². The molecule has 2 amide bonds. The Morgan fingerprint density at radius 2 is 2.03 bits per heavy atom. The number of aryl methyl sites for hydroxylation is 2. The molecule has 0 heterocycles. The molecular weight excluding hydrogens is 368 g/mol. The van der Waals surface area contributed by atoms with Crippen LogP contribution in [0.2, 0.25) is 0 Å². The van der Waals surface area contributed by atoms with Crippen molar-refractivity contribution in [1.82, 2.24) is 10.2 Å². The maximum atomic E-state index is 12.7. The zero-order chi connectivity index (χ0) is 21.2. The number of nitrogens with zero attached hydrogens (tertiary/aromatic N) is 2. The van der Waals surface area contributed by atoms with Gasteiger partial charge in [-0.3, -0.25) is 9.69 Å². The van der Waals surface area contributed by atoms with Gasteiger partial charge in [0.15, 0.2) is 0 Å². The lowest BCUT2D eigenvalue weighted by Crippen LogP contribution is -2.34. The van der Waals surface area contributed by atoms with Crippen LogP contribution in [-0.4, -0.2) is 36.6 Å². The molecule has 0 radical (unpaired) electrons. The van der Waals surface area contributed by atoms with Crippen LogP contribution in [0.4, 0.5) is 4.79 Å². The molecule has 2 rings (SSSR count). The van der Waals surface area contributed by atoms with Crippen molar-refractivity contribution >= 4 is 12.0 Å². The second kappa shape index (κ2) is 11.2. The maximum absolute atomic E-state index is 12.7. The molecule has 156 valence electrons. The Morgan fingerprint density at radius 1 is 1.31 bits per heavy atom. The number of nitriles is 1. The van der Waals surface area contributed by atoms with Crippen LogP contribution in [-0.2, 0) is 22.4 Å². The standard InChI is InChI=1S/C22H30N4O3/c1-3-20(18-10-9-16-7-5-6-8-17(16)13-18)25-21(27)19(14-24)15-26(12-11-23)22(28)29-4-2/h9-10,13,15,20H,3-8,11-12,23H2,1-2H3,(H,25,27)/b19-15-. The molecule has 0 saturated heterocycles. The molecule has 29 heavy (non-hydrogen) atoms. The van der Waals surface area contributed by atoms with Crippen molar-refractivity contribution < 1.29 is 14.3 Å². The van der Waals surface area contributed by atoms with Gasteiger partial charge in [0.05, 0.1) is 12.6 Å². The minimum absolute atomic E-state index is 0.152. The van der Waals surface area contributed by atoms with Gasteiger partial charge in [-0.2, -0.15) is 5.26 Å². The van der Waals surface area contributed by atoms with E-state index in [1.165, 1.54) is 30.2 Å². The normalized spacial score (nSPS) is 14.3. The summed E-state index contributed by atoms with van der Waals surface area (Å²) in [4.78, 5) is 25.9. The molecule has 0 spiro atoms. The van der Waals surface area contributed by atoms with Crippen LogP contribution in [0, 0.1) is 11.3 Å². The Morgan fingerprint density at radius 3 is 2.66 bits per heavy atom. The Labute approximate surface area is 172 Å². The van der Waals surface area contributed by atoms with Crippen molar-refractivity contribution in [1.29, 1.82) is 5.26 Å². The van der Waals surface area contributed by atoms with Crippen LogP contribution < -0.4 is 11.1 Å². The topological polar surface area (TPSA) is 108 Å². The molecule has 0 fully saturated rings. The molecule has 1 aromatic rings. The van der Waals surface area contributed by atoms with E-state index in [1.54, 1.807) is 6.92 Å². The number of benzene rings is 1. The molecule has 0 aromatic heterocycles. The van der Waals surface area contributed by atoms with E-state index in [0.717, 1.165) is 23.3 Å². The highest BCUT2D eigenvalue weighted by molar-refractivity contribution is 5.97. The highest BCUT2D eigenvalue weighted by atomic mass is 16.6.